The number of rotatable bonds is 8. The highest BCUT2D eigenvalue weighted by Gasteiger charge is 2.31. The Morgan fingerprint density at radius 3 is 1.42 bits per heavy atom. The molecule has 0 heterocycles. The van der Waals surface area contributed by atoms with E-state index in [0.29, 0.717) is 0 Å². The standard InChI is InChI=1S/C29H37OP/c1-7-28(4,5)23-15-19-26(20-16-23)31(30,25-13-11-10-12-14-25)27-21-17-24(18-22-27)29(6,8-2)9-3/h10-22H,7-9H2,1-6H3. The van der Waals surface area contributed by atoms with Crippen LogP contribution < -0.4 is 15.9 Å². The van der Waals surface area contributed by atoms with Gasteiger partial charge in [-0.3, -0.25) is 0 Å². The highest BCUT2D eigenvalue weighted by atomic mass is 31.2. The Morgan fingerprint density at radius 2 is 1.00 bits per heavy atom. The zero-order valence-electron chi connectivity index (χ0n) is 20.0. The van der Waals surface area contributed by atoms with E-state index in [0.717, 1.165) is 35.2 Å². The predicted octanol–water partition coefficient (Wildman–Crippen LogP) is 7.09. The van der Waals surface area contributed by atoms with Gasteiger partial charge in [0.15, 0.2) is 7.14 Å². The molecule has 0 aliphatic rings. The molecule has 0 fully saturated rings. The van der Waals surface area contributed by atoms with Crippen LogP contribution >= 0.6 is 7.14 Å². The summed E-state index contributed by atoms with van der Waals surface area (Å²) in [6.45, 7) is 13.5. The van der Waals surface area contributed by atoms with Gasteiger partial charge in [-0.15, -0.1) is 0 Å². The SMILES string of the molecule is CCC(C)(C)c1ccc(P(=O)(c2ccccc2)c2ccc(C(C)(CC)CC)cc2)cc1. The van der Waals surface area contributed by atoms with Crippen molar-refractivity contribution in [3.8, 4) is 0 Å². The van der Waals surface area contributed by atoms with Crippen LogP contribution in [0.3, 0.4) is 0 Å². The normalized spacial score (nSPS) is 14.3. The third kappa shape index (κ3) is 4.44. The van der Waals surface area contributed by atoms with Crippen molar-refractivity contribution in [2.75, 3.05) is 0 Å². The molecule has 0 aromatic heterocycles. The molecule has 0 saturated carbocycles. The maximum absolute atomic E-state index is 14.7. The maximum Gasteiger partial charge on any atom is 0.171 e. The summed E-state index contributed by atoms with van der Waals surface area (Å²) >= 11 is 0. The highest BCUT2D eigenvalue weighted by Crippen LogP contribution is 2.43. The van der Waals surface area contributed by atoms with Crippen LogP contribution in [-0.2, 0) is 15.4 Å². The minimum Gasteiger partial charge on any atom is -0.309 e. The van der Waals surface area contributed by atoms with Crippen molar-refractivity contribution in [3.63, 3.8) is 0 Å². The van der Waals surface area contributed by atoms with Crippen LogP contribution in [0.4, 0.5) is 0 Å². The average molecular weight is 433 g/mol. The van der Waals surface area contributed by atoms with E-state index in [-0.39, 0.29) is 10.8 Å². The molecule has 0 N–H and O–H groups in total. The summed E-state index contributed by atoms with van der Waals surface area (Å²) in [4.78, 5) is 0. The molecular formula is C29H37OP. The van der Waals surface area contributed by atoms with Crippen molar-refractivity contribution in [3.05, 3.63) is 90.0 Å². The molecule has 3 aromatic rings. The van der Waals surface area contributed by atoms with Gasteiger partial charge in [0.25, 0.3) is 0 Å². The smallest absolute Gasteiger partial charge is 0.171 e. The fourth-order valence-corrected chi connectivity index (χ4v) is 6.77. The summed E-state index contributed by atoms with van der Waals surface area (Å²) in [5.41, 5.74) is 2.88. The quantitative estimate of drug-likeness (QED) is 0.347. The largest absolute Gasteiger partial charge is 0.309 e. The van der Waals surface area contributed by atoms with Gasteiger partial charge in [0, 0.05) is 15.9 Å². The first kappa shape index (κ1) is 23.6. The summed E-state index contributed by atoms with van der Waals surface area (Å²) in [6, 6.07) is 27.0. The maximum atomic E-state index is 14.7. The number of hydrogen-bond acceptors (Lipinski definition) is 1. The molecule has 3 rings (SSSR count). The highest BCUT2D eigenvalue weighted by molar-refractivity contribution is 7.85. The third-order valence-corrected chi connectivity index (χ3v) is 10.6. The predicted molar refractivity (Wildman–Crippen MR) is 137 cm³/mol. The fourth-order valence-electron chi connectivity index (χ4n) is 4.14. The van der Waals surface area contributed by atoms with Crippen LogP contribution in [0.15, 0.2) is 78.9 Å². The van der Waals surface area contributed by atoms with Gasteiger partial charge in [0.2, 0.25) is 0 Å². The molecule has 0 aliphatic carbocycles. The molecule has 1 unspecified atom stereocenters. The Hall–Kier alpha value is -2.11. The lowest BCUT2D eigenvalue weighted by atomic mass is 9.78. The van der Waals surface area contributed by atoms with E-state index >= 15 is 0 Å². The summed E-state index contributed by atoms with van der Waals surface area (Å²) in [7, 11) is -2.95. The van der Waals surface area contributed by atoms with Crippen LogP contribution in [0.5, 0.6) is 0 Å². The lowest BCUT2D eigenvalue weighted by molar-refractivity contribution is 0.439. The first-order chi connectivity index (χ1) is 14.7. The first-order valence-electron chi connectivity index (χ1n) is 11.6. The lowest BCUT2D eigenvalue weighted by Gasteiger charge is -2.28. The van der Waals surface area contributed by atoms with E-state index in [1.54, 1.807) is 0 Å². The van der Waals surface area contributed by atoms with Gasteiger partial charge in [-0.25, -0.2) is 0 Å². The average Bonchev–Trinajstić information content (AvgIpc) is 2.83. The van der Waals surface area contributed by atoms with E-state index in [1.165, 1.54) is 11.1 Å². The van der Waals surface area contributed by atoms with Crippen molar-refractivity contribution in [2.45, 2.75) is 71.6 Å². The monoisotopic (exact) mass is 432 g/mol. The Morgan fingerprint density at radius 1 is 0.581 bits per heavy atom. The van der Waals surface area contributed by atoms with Gasteiger partial charge in [-0.05, 0) is 41.2 Å². The number of benzene rings is 3. The topological polar surface area (TPSA) is 17.1 Å². The Balaban J connectivity index is 2.13. The molecule has 1 atom stereocenters. The lowest BCUT2D eigenvalue weighted by Crippen LogP contribution is -2.27. The van der Waals surface area contributed by atoms with Crippen LogP contribution in [0.2, 0.25) is 0 Å². The second kappa shape index (κ2) is 9.17. The molecule has 3 aromatic carbocycles. The minimum absolute atomic E-state index is 0.113. The van der Waals surface area contributed by atoms with Crippen molar-refractivity contribution < 1.29 is 4.57 Å². The summed E-state index contributed by atoms with van der Waals surface area (Å²) in [5, 5.41) is 2.69. The van der Waals surface area contributed by atoms with Crippen molar-refractivity contribution in [2.24, 2.45) is 0 Å². The first-order valence-corrected chi connectivity index (χ1v) is 13.3. The van der Waals surface area contributed by atoms with Crippen LogP contribution in [0.25, 0.3) is 0 Å². The third-order valence-electron chi connectivity index (χ3n) is 7.50. The number of hydrogen-bond donors (Lipinski definition) is 0. The summed E-state index contributed by atoms with van der Waals surface area (Å²) < 4.78 is 14.7. The van der Waals surface area contributed by atoms with Crippen LogP contribution in [0.1, 0.15) is 71.9 Å². The zero-order chi connectivity index (χ0) is 22.7. The summed E-state index contributed by atoms with van der Waals surface area (Å²) in [5.74, 6) is 0. The second-order valence-electron chi connectivity index (χ2n) is 9.54. The van der Waals surface area contributed by atoms with Gasteiger partial charge in [0.1, 0.15) is 0 Å². The molecule has 0 radical (unpaired) electrons. The van der Waals surface area contributed by atoms with Crippen molar-refractivity contribution in [1.82, 2.24) is 0 Å². The molecular weight excluding hydrogens is 395 g/mol. The van der Waals surface area contributed by atoms with Crippen molar-refractivity contribution in [1.29, 1.82) is 0 Å². The Bertz CT molecular complexity index is 1030. The molecule has 0 amide bonds. The fraction of sp³-hybridized carbons (Fsp3) is 0.379. The molecule has 164 valence electrons. The minimum atomic E-state index is -2.95. The van der Waals surface area contributed by atoms with Gasteiger partial charge in [-0.2, -0.15) is 0 Å². The molecule has 31 heavy (non-hydrogen) atoms. The van der Waals surface area contributed by atoms with Crippen LogP contribution in [-0.4, -0.2) is 0 Å². The molecule has 2 heteroatoms. The Labute approximate surface area is 189 Å². The van der Waals surface area contributed by atoms with Gasteiger partial charge < -0.3 is 4.57 Å². The molecule has 1 nitrogen and oxygen atoms in total. The zero-order valence-corrected chi connectivity index (χ0v) is 20.9. The van der Waals surface area contributed by atoms with Gasteiger partial charge in [-0.1, -0.05) is 120 Å². The van der Waals surface area contributed by atoms with Gasteiger partial charge >= 0.3 is 0 Å². The Kier molecular flexibility index (Phi) is 6.97. The molecule has 0 aliphatic heterocycles. The molecule has 0 saturated heterocycles. The van der Waals surface area contributed by atoms with Crippen molar-refractivity contribution >= 4 is 23.1 Å². The van der Waals surface area contributed by atoms with E-state index in [2.05, 4.69) is 90.1 Å². The molecule has 0 spiro atoms. The molecule has 0 bridgehead atoms. The van der Waals surface area contributed by atoms with E-state index in [4.69, 9.17) is 0 Å². The van der Waals surface area contributed by atoms with Gasteiger partial charge in [0.05, 0.1) is 0 Å². The summed E-state index contributed by atoms with van der Waals surface area (Å²) in [6.07, 6.45) is 3.25. The van der Waals surface area contributed by atoms with E-state index < -0.39 is 7.14 Å². The van der Waals surface area contributed by atoms with Crippen LogP contribution in [0, 0.1) is 0 Å². The second-order valence-corrected chi connectivity index (χ2v) is 12.3. The van der Waals surface area contributed by atoms with E-state index in [9.17, 15) is 4.57 Å². The van der Waals surface area contributed by atoms with E-state index in [1.807, 2.05) is 30.3 Å².